The van der Waals surface area contributed by atoms with E-state index in [1.54, 1.807) is 23.0 Å². The van der Waals surface area contributed by atoms with Crippen LogP contribution in [0.4, 0.5) is 23.1 Å². The highest BCUT2D eigenvalue weighted by molar-refractivity contribution is 6.33. The van der Waals surface area contributed by atoms with Crippen molar-refractivity contribution < 1.29 is 19.1 Å². The molecule has 4 aromatic heterocycles. The number of amides is 3. The predicted molar refractivity (Wildman–Crippen MR) is 217 cm³/mol. The fraction of sp³-hybridized carbons (Fsp3) is 0.450. The number of carbonyl (C=O) groups excluding carboxylic acids is 3. The average molecular weight is 796 g/mol. The standard InChI is InChI=1S/C40H46ClN11O5/c1-21(2)52-36-23(13-31(38(52)56)57-18-33(54)42-4)12-25(16-43-36)46-35-28(41)17-44-39(48-35)51-19-40(20-51)11-10-29(22(3)15-40)45-24-6-7-26-30(14-24)50(5)49-34(26)27-8-9-32(53)47-37(27)55/h6-7,12-14,16-17,21-22,27,29,45H,8-11,15,18-20H2,1-5H3,(H,42,54)(H,44,46,48)(H,47,53,55)/t22-,27?,29-/m1/s1. The molecule has 1 aromatic carbocycles. The summed E-state index contributed by atoms with van der Waals surface area (Å²) in [4.78, 5) is 65.5. The van der Waals surface area contributed by atoms with E-state index < -0.39 is 5.92 Å². The molecular formula is C40H46ClN11O5. The molecule has 4 N–H and O–H groups in total. The lowest BCUT2D eigenvalue weighted by Gasteiger charge is -2.55. The number of ether oxygens (including phenoxy) is 1. The van der Waals surface area contributed by atoms with Crippen molar-refractivity contribution in [1.82, 2.24) is 39.9 Å². The predicted octanol–water partition coefficient (Wildman–Crippen LogP) is 4.80. The Labute approximate surface area is 333 Å². The number of rotatable bonds is 10. The number of fused-ring (bicyclic) bond motifs is 2. The van der Waals surface area contributed by atoms with E-state index in [1.165, 1.54) is 7.05 Å². The van der Waals surface area contributed by atoms with Crippen LogP contribution in [0.1, 0.15) is 70.5 Å². The number of anilines is 4. The Morgan fingerprint density at radius 2 is 1.89 bits per heavy atom. The maximum atomic E-state index is 13.2. The Kier molecular flexibility index (Phi) is 10.0. The van der Waals surface area contributed by atoms with Gasteiger partial charge in [0, 0.05) is 67.6 Å². The molecule has 16 nitrogen and oxygen atoms in total. The minimum atomic E-state index is -0.434. The minimum Gasteiger partial charge on any atom is -0.478 e. The molecule has 2 saturated heterocycles. The van der Waals surface area contributed by atoms with Gasteiger partial charge in [0.2, 0.25) is 17.8 Å². The van der Waals surface area contributed by atoms with Crippen LogP contribution in [-0.4, -0.2) is 79.8 Å². The number of imide groups is 1. The molecular weight excluding hydrogens is 750 g/mol. The van der Waals surface area contributed by atoms with E-state index in [2.05, 4.69) is 55.2 Å². The quantitative estimate of drug-likeness (QED) is 0.142. The summed E-state index contributed by atoms with van der Waals surface area (Å²) in [5, 5.41) is 18.6. The van der Waals surface area contributed by atoms with Crippen molar-refractivity contribution >= 4 is 74.4 Å². The van der Waals surface area contributed by atoms with Crippen molar-refractivity contribution in [2.24, 2.45) is 18.4 Å². The van der Waals surface area contributed by atoms with E-state index in [0.717, 1.165) is 48.9 Å². The fourth-order valence-electron chi connectivity index (χ4n) is 8.68. The molecule has 0 radical (unpaired) electrons. The molecule has 17 heteroatoms. The summed E-state index contributed by atoms with van der Waals surface area (Å²) in [5.74, 6) is 0.213. The van der Waals surface area contributed by atoms with Gasteiger partial charge in [-0.05, 0) is 75.8 Å². The van der Waals surface area contributed by atoms with Crippen molar-refractivity contribution in [3.05, 3.63) is 63.8 Å². The van der Waals surface area contributed by atoms with Crippen LogP contribution in [0.15, 0.2) is 47.5 Å². The van der Waals surface area contributed by atoms with E-state index >= 15 is 0 Å². The van der Waals surface area contributed by atoms with Gasteiger partial charge in [0.1, 0.15) is 10.7 Å². The summed E-state index contributed by atoms with van der Waals surface area (Å²) in [6.45, 7) is 7.49. The zero-order chi connectivity index (χ0) is 40.2. The molecule has 8 rings (SSSR count). The van der Waals surface area contributed by atoms with Gasteiger partial charge in [-0.1, -0.05) is 18.5 Å². The molecule has 3 amide bonds. The summed E-state index contributed by atoms with van der Waals surface area (Å²) in [6.07, 6.45) is 7.16. The lowest BCUT2D eigenvalue weighted by molar-refractivity contribution is -0.134. The molecule has 3 fully saturated rings. The number of likely N-dealkylation sites (N-methyl/N-ethyl adjacent to an activating group) is 1. The maximum Gasteiger partial charge on any atom is 0.294 e. The Balaban J connectivity index is 0.918. The third-order valence-corrected chi connectivity index (χ3v) is 11.8. The number of piperidine rings is 1. The molecule has 5 aromatic rings. The van der Waals surface area contributed by atoms with Gasteiger partial charge in [0.05, 0.1) is 35.2 Å². The van der Waals surface area contributed by atoms with E-state index in [-0.39, 0.29) is 47.1 Å². The molecule has 3 atom stereocenters. The van der Waals surface area contributed by atoms with Crippen molar-refractivity contribution in [1.29, 1.82) is 0 Å². The number of carbonyl (C=O) groups is 3. The lowest BCUT2D eigenvalue weighted by atomic mass is 9.64. The summed E-state index contributed by atoms with van der Waals surface area (Å²) in [7, 11) is 3.39. The molecule has 298 valence electrons. The molecule has 1 spiro atoms. The van der Waals surface area contributed by atoms with Gasteiger partial charge in [-0.25, -0.2) is 9.97 Å². The summed E-state index contributed by atoms with van der Waals surface area (Å²) in [6, 6.07) is 9.72. The van der Waals surface area contributed by atoms with Gasteiger partial charge in [0.15, 0.2) is 18.2 Å². The highest BCUT2D eigenvalue weighted by Crippen LogP contribution is 2.48. The largest absolute Gasteiger partial charge is 0.478 e. The average Bonchev–Trinajstić information content (AvgIpc) is 3.49. The van der Waals surface area contributed by atoms with Crippen LogP contribution in [0.25, 0.3) is 21.9 Å². The van der Waals surface area contributed by atoms with Gasteiger partial charge in [0.25, 0.3) is 11.5 Å². The second-order valence-electron chi connectivity index (χ2n) is 15.9. The van der Waals surface area contributed by atoms with Gasteiger partial charge in [-0.15, -0.1) is 0 Å². The molecule has 2 aliphatic heterocycles. The number of pyridine rings is 2. The first-order valence-electron chi connectivity index (χ1n) is 19.3. The Morgan fingerprint density at radius 3 is 2.63 bits per heavy atom. The molecule has 6 heterocycles. The van der Waals surface area contributed by atoms with Crippen molar-refractivity contribution in [3.8, 4) is 5.75 Å². The second-order valence-corrected chi connectivity index (χ2v) is 16.3. The number of aromatic nitrogens is 6. The molecule has 1 aliphatic carbocycles. The summed E-state index contributed by atoms with van der Waals surface area (Å²) < 4.78 is 8.95. The first kappa shape index (κ1) is 38.1. The van der Waals surface area contributed by atoms with Gasteiger partial charge >= 0.3 is 0 Å². The molecule has 0 bridgehead atoms. The smallest absolute Gasteiger partial charge is 0.294 e. The Bertz CT molecular complexity index is 2480. The van der Waals surface area contributed by atoms with E-state index in [9.17, 15) is 19.2 Å². The van der Waals surface area contributed by atoms with Gasteiger partial charge < -0.3 is 25.6 Å². The molecule has 1 unspecified atom stereocenters. The highest BCUT2D eigenvalue weighted by atomic mass is 35.5. The maximum absolute atomic E-state index is 13.2. The van der Waals surface area contributed by atoms with E-state index in [4.69, 9.17) is 26.4 Å². The number of aryl methyl sites for hydroxylation is 1. The Morgan fingerprint density at radius 1 is 1.09 bits per heavy atom. The topological polar surface area (TPSA) is 190 Å². The van der Waals surface area contributed by atoms with Gasteiger partial charge in [-0.2, -0.15) is 10.1 Å². The number of nitrogens with one attached hydrogen (secondary N) is 4. The third-order valence-electron chi connectivity index (χ3n) is 11.6. The van der Waals surface area contributed by atoms with Gasteiger partial charge in [-0.3, -0.25) is 33.7 Å². The van der Waals surface area contributed by atoms with Crippen LogP contribution in [0.5, 0.6) is 5.75 Å². The van der Waals surface area contributed by atoms with Crippen molar-refractivity contribution in [3.63, 3.8) is 0 Å². The van der Waals surface area contributed by atoms with E-state index in [1.807, 2.05) is 37.7 Å². The van der Waals surface area contributed by atoms with Crippen LogP contribution >= 0.6 is 11.6 Å². The van der Waals surface area contributed by atoms with Crippen LogP contribution in [0, 0.1) is 11.3 Å². The summed E-state index contributed by atoms with van der Waals surface area (Å²) >= 11 is 6.59. The SMILES string of the molecule is CNC(=O)COc1cc2cc(Nc3nc(N4CC5(CC[C@@H](Nc6ccc7c(C8CCC(=O)NC8=O)nn(C)c7c6)[C@H](C)C5)C4)ncc3Cl)cnc2n(C(C)C)c1=O. The number of halogens is 1. The first-order valence-corrected chi connectivity index (χ1v) is 19.7. The van der Waals surface area contributed by atoms with Crippen molar-refractivity contribution in [2.45, 2.75) is 70.9 Å². The van der Waals surface area contributed by atoms with Crippen LogP contribution < -0.4 is 36.5 Å². The van der Waals surface area contributed by atoms with Crippen LogP contribution in [0.3, 0.4) is 0 Å². The first-order chi connectivity index (χ1) is 27.3. The lowest BCUT2D eigenvalue weighted by Crippen LogP contribution is -2.60. The Hall–Kier alpha value is -5.77. The molecule has 1 saturated carbocycles. The number of hydrogen-bond donors (Lipinski definition) is 4. The summed E-state index contributed by atoms with van der Waals surface area (Å²) in [5.41, 5.74) is 3.57. The van der Waals surface area contributed by atoms with Crippen LogP contribution in [0.2, 0.25) is 5.02 Å². The third kappa shape index (κ3) is 7.33. The van der Waals surface area contributed by atoms with Crippen LogP contribution in [-0.2, 0) is 21.4 Å². The zero-order valence-electron chi connectivity index (χ0n) is 32.6. The normalized spacial score (nSPS) is 20.5. The second kappa shape index (κ2) is 15.0. The number of nitrogens with zero attached hydrogens (tertiary/aromatic N) is 7. The van der Waals surface area contributed by atoms with Crippen molar-refractivity contribution in [2.75, 3.05) is 42.3 Å². The highest BCUT2D eigenvalue weighted by Gasteiger charge is 2.48. The fourth-order valence-corrected chi connectivity index (χ4v) is 8.82. The number of hydrogen-bond acceptors (Lipinski definition) is 12. The number of benzene rings is 1. The molecule has 3 aliphatic rings. The zero-order valence-corrected chi connectivity index (χ0v) is 33.3. The minimum absolute atomic E-state index is 0.0558. The molecule has 57 heavy (non-hydrogen) atoms. The monoisotopic (exact) mass is 795 g/mol. The van der Waals surface area contributed by atoms with E-state index in [0.29, 0.717) is 64.0 Å².